The number of rotatable bonds is 9. The van der Waals surface area contributed by atoms with Crippen LogP contribution in [0.1, 0.15) is 65.1 Å². The first-order valence-corrected chi connectivity index (χ1v) is 7.52. The van der Waals surface area contributed by atoms with Crippen LogP contribution in [0.3, 0.4) is 0 Å². The molecule has 1 atom stereocenters. The molecule has 3 nitrogen and oxygen atoms in total. The fourth-order valence-electron chi connectivity index (χ4n) is 2.52. The van der Waals surface area contributed by atoms with Gasteiger partial charge in [0.1, 0.15) is 0 Å². The molecular formula is C15H29N3. The Kier molecular flexibility index (Phi) is 7.02. The fourth-order valence-corrected chi connectivity index (χ4v) is 2.52. The summed E-state index contributed by atoms with van der Waals surface area (Å²) in [5.74, 6) is 0. The van der Waals surface area contributed by atoms with E-state index < -0.39 is 0 Å². The van der Waals surface area contributed by atoms with Crippen molar-refractivity contribution in [2.24, 2.45) is 0 Å². The second kappa shape index (κ2) is 8.30. The van der Waals surface area contributed by atoms with Crippen LogP contribution in [-0.2, 0) is 6.42 Å². The van der Waals surface area contributed by atoms with E-state index in [2.05, 4.69) is 50.0 Å². The summed E-state index contributed by atoms with van der Waals surface area (Å²) in [7, 11) is 0. The van der Waals surface area contributed by atoms with E-state index >= 15 is 0 Å². The molecule has 0 spiro atoms. The zero-order valence-electron chi connectivity index (χ0n) is 12.4. The molecule has 1 aromatic rings. The third kappa shape index (κ3) is 4.45. The topological polar surface area (TPSA) is 29.9 Å². The summed E-state index contributed by atoms with van der Waals surface area (Å²) in [5, 5.41) is 8.28. The lowest BCUT2D eigenvalue weighted by Gasteiger charge is -2.16. The standard InChI is InChI=1S/C15H29N3/c1-5-9-13(16-8-4)12-14-10-11-18(17-14)15(6-2)7-3/h10-11,13,15-16H,5-9,12H2,1-4H3. The Labute approximate surface area is 112 Å². The van der Waals surface area contributed by atoms with E-state index in [0.29, 0.717) is 12.1 Å². The minimum absolute atomic E-state index is 0.558. The number of hydrogen-bond acceptors (Lipinski definition) is 2. The molecule has 0 aromatic carbocycles. The molecule has 104 valence electrons. The van der Waals surface area contributed by atoms with Gasteiger partial charge in [0, 0.05) is 18.7 Å². The van der Waals surface area contributed by atoms with Crippen molar-refractivity contribution in [1.82, 2.24) is 15.1 Å². The maximum atomic E-state index is 4.73. The van der Waals surface area contributed by atoms with Gasteiger partial charge in [-0.3, -0.25) is 4.68 Å². The van der Waals surface area contributed by atoms with E-state index in [0.717, 1.165) is 25.8 Å². The van der Waals surface area contributed by atoms with Crippen molar-refractivity contribution in [1.29, 1.82) is 0 Å². The second-order valence-electron chi connectivity index (χ2n) is 5.00. The summed E-state index contributed by atoms with van der Waals surface area (Å²) in [5.41, 5.74) is 1.22. The Hall–Kier alpha value is -0.830. The molecule has 0 amide bonds. The molecule has 3 heteroatoms. The third-order valence-corrected chi connectivity index (χ3v) is 3.57. The highest BCUT2D eigenvalue weighted by atomic mass is 15.3. The Balaban J connectivity index is 2.61. The van der Waals surface area contributed by atoms with Crippen LogP contribution >= 0.6 is 0 Å². The first kappa shape index (κ1) is 15.2. The average Bonchev–Trinajstić information content (AvgIpc) is 2.80. The minimum Gasteiger partial charge on any atom is -0.314 e. The Morgan fingerprint density at radius 1 is 1.22 bits per heavy atom. The van der Waals surface area contributed by atoms with Crippen LogP contribution in [0.2, 0.25) is 0 Å². The van der Waals surface area contributed by atoms with Gasteiger partial charge in [0.15, 0.2) is 0 Å². The molecule has 1 rings (SSSR count). The van der Waals surface area contributed by atoms with E-state index in [1.54, 1.807) is 0 Å². The predicted molar refractivity (Wildman–Crippen MR) is 77.9 cm³/mol. The van der Waals surface area contributed by atoms with Crippen LogP contribution in [0.5, 0.6) is 0 Å². The zero-order valence-corrected chi connectivity index (χ0v) is 12.4. The maximum absolute atomic E-state index is 4.73. The van der Waals surface area contributed by atoms with Crippen LogP contribution in [0, 0.1) is 0 Å². The predicted octanol–water partition coefficient (Wildman–Crippen LogP) is 3.56. The highest BCUT2D eigenvalue weighted by Crippen LogP contribution is 2.15. The zero-order chi connectivity index (χ0) is 13.4. The van der Waals surface area contributed by atoms with Gasteiger partial charge >= 0.3 is 0 Å². The Bertz CT molecular complexity index is 309. The number of nitrogens with zero attached hydrogens (tertiary/aromatic N) is 2. The van der Waals surface area contributed by atoms with Crippen LogP contribution in [-0.4, -0.2) is 22.4 Å². The summed E-state index contributed by atoms with van der Waals surface area (Å²) in [4.78, 5) is 0. The molecule has 0 aliphatic rings. The van der Waals surface area contributed by atoms with Gasteiger partial charge in [-0.25, -0.2) is 0 Å². The van der Waals surface area contributed by atoms with Gasteiger partial charge in [0.05, 0.1) is 11.7 Å². The summed E-state index contributed by atoms with van der Waals surface area (Å²) < 4.78 is 2.14. The highest BCUT2D eigenvalue weighted by molar-refractivity contribution is 5.02. The van der Waals surface area contributed by atoms with Crippen molar-refractivity contribution in [3.63, 3.8) is 0 Å². The van der Waals surface area contributed by atoms with Crippen molar-refractivity contribution in [3.05, 3.63) is 18.0 Å². The number of hydrogen-bond donors (Lipinski definition) is 1. The van der Waals surface area contributed by atoms with Gasteiger partial charge in [0.2, 0.25) is 0 Å². The Morgan fingerprint density at radius 2 is 1.94 bits per heavy atom. The van der Waals surface area contributed by atoms with E-state index in [9.17, 15) is 0 Å². The molecule has 0 bridgehead atoms. The van der Waals surface area contributed by atoms with Gasteiger partial charge in [-0.1, -0.05) is 34.1 Å². The van der Waals surface area contributed by atoms with Gasteiger partial charge in [-0.15, -0.1) is 0 Å². The molecule has 18 heavy (non-hydrogen) atoms. The second-order valence-corrected chi connectivity index (χ2v) is 5.00. The van der Waals surface area contributed by atoms with Crippen LogP contribution in [0.15, 0.2) is 12.3 Å². The smallest absolute Gasteiger partial charge is 0.0640 e. The van der Waals surface area contributed by atoms with Crippen LogP contribution in [0.25, 0.3) is 0 Å². The molecule has 0 fully saturated rings. The molecule has 0 radical (unpaired) electrons. The van der Waals surface area contributed by atoms with Crippen molar-refractivity contribution in [2.75, 3.05) is 6.54 Å². The van der Waals surface area contributed by atoms with E-state index in [4.69, 9.17) is 5.10 Å². The summed E-state index contributed by atoms with van der Waals surface area (Å²) in [6, 6.07) is 3.31. The lowest BCUT2D eigenvalue weighted by molar-refractivity contribution is 0.419. The first-order chi connectivity index (χ1) is 8.74. The first-order valence-electron chi connectivity index (χ1n) is 7.52. The monoisotopic (exact) mass is 251 g/mol. The fraction of sp³-hybridized carbons (Fsp3) is 0.800. The van der Waals surface area contributed by atoms with Gasteiger partial charge < -0.3 is 5.32 Å². The summed E-state index contributed by atoms with van der Waals surface area (Å²) in [6.07, 6.45) is 7.96. The molecule has 1 N–H and O–H groups in total. The summed E-state index contributed by atoms with van der Waals surface area (Å²) in [6.45, 7) is 9.92. The Morgan fingerprint density at radius 3 is 2.50 bits per heavy atom. The minimum atomic E-state index is 0.558. The lowest BCUT2D eigenvalue weighted by Crippen LogP contribution is -2.31. The molecule has 1 aromatic heterocycles. The molecule has 1 heterocycles. The SMILES string of the molecule is CCCC(Cc1ccn(C(CC)CC)n1)NCC. The molecular weight excluding hydrogens is 222 g/mol. The van der Waals surface area contributed by atoms with E-state index in [-0.39, 0.29) is 0 Å². The summed E-state index contributed by atoms with van der Waals surface area (Å²) >= 11 is 0. The molecule has 1 unspecified atom stereocenters. The van der Waals surface area contributed by atoms with Crippen molar-refractivity contribution in [3.8, 4) is 0 Å². The lowest BCUT2D eigenvalue weighted by atomic mass is 10.1. The van der Waals surface area contributed by atoms with Crippen molar-refractivity contribution < 1.29 is 0 Å². The molecule has 0 aliphatic carbocycles. The van der Waals surface area contributed by atoms with Gasteiger partial charge in [0.25, 0.3) is 0 Å². The van der Waals surface area contributed by atoms with Crippen LogP contribution < -0.4 is 5.32 Å². The largest absolute Gasteiger partial charge is 0.314 e. The highest BCUT2D eigenvalue weighted by Gasteiger charge is 2.12. The molecule has 0 aliphatic heterocycles. The van der Waals surface area contributed by atoms with Crippen LogP contribution in [0.4, 0.5) is 0 Å². The van der Waals surface area contributed by atoms with Crippen molar-refractivity contribution >= 4 is 0 Å². The number of likely N-dealkylation sites (N-methyl/N-ethyl adjacent to an activating group) is 1. The average molecular weight is 251 g/mol. The van der Waals surface area contributed by atoms with Gasteiger partial charge in [-0.05, 0) is 31.9 Å². The maximum Gasteiger partial charge on any atom is 0.0640 e. The molecule has 0 saturated carbocycles. The number of nitrogens with one attached hydrogen (secondary N) is 1. The van der Waals surface area contributed by atoms with Crippen molar-refractivity contribution in [2.45, 2.75) is 71.9 Å². The van der Waals surface area contributed by atoms with Gasteiger partial charge in [-0.2, -0.15) is 5.10 Å². The quantitative estimate of drug-likeness (QED) is 0.727. The van der Waals surface area contributed by atoms with E-state index in [1.165, 1.54) is 18.5 Å². The normalized spacial score (nSPS) is 13.2. The van der Waals surface area contributed by atoms with E-state index in [1.807, 2.05) is 0 Å². The number of aromatic nitrogens is 2. The molecule has 0 saturated heterocycles. The third-order valence-electron chi connectivity index (χ3n) is 3.57.